The first-order valence-electron chi connectivity index (χ1n) is 5.25. The van der Waals surface area contributed by atoms with Crippen molar-refractivity contribution in [2.45, 2.75) is 25.5 Å². The second-order valence-electron chi connectivity index (χ2n) is 4.34. The van der Waals surface area contributed by atoms with Gasteiger partial charge in [-0.3, -0.25) is 0 Å². The van der Waals surface area contributed by atoms with E-state index in [4.69, 9.17) is 16.3 Å². The Balaban J connectivity index is 2.59. The quantitative estimate of drug-likeness (QED) is 0.660. The minimum atomic E-state index is -1.07. The number of carbonyl (C=O) groups is 2. The van der Waals surface area contributed by atoms with Crippen molar-refractivity contribution in [1.29, 1.82) is 0 Å². The van der Waals surface area contributed by atoms with Gasteiger partial charge in [0.2, 0.25) is 0 Å². The van der Waals surface area contributed by atoms with E-state index in [1.54, 1.807) is 13.8 Å². The lowest BCUT2D eigenvalue weighted by Crippen LogP contribution is -2.55. The first-order chi connectivity index (χ1) is 7.85. The molecule has 6 heteroatoms. The van der Waals surface area contributed by atoms with Crippen LogP contribution >= 0.6 is 0 Å². The van der Waals surface area contributed by atoms with E-state index >= 15 is 0 Å². The van der Waals surface area contributed by atoms with Gasteiger partial charge in [-0.25, -0.2) is 9.59 Å². The zero-order valence-electron chi connectivity index (χ0n) is 9.90. The molecule has 17 heavy (non-hydrogen) atoms. The molecule has 0 spiro atoms. The van der Waals surface area contributed by atoms with Gasteiger partial charge in [0.15, 0.2) is 6.10 Å². The molecule has 0 radical (unpaired) electrons. The summed E-state index contributed by atoms with van der Waals surface area (Å²) in [4.78, 5) is 23.9. The van der Waals surface area contributed by atoms with E-state index in [0.717, 1.165) is 0 Å². The summed E-state index contributed by atoms with van der Waals surface area (Å²) in [6, 6.07) is -0.373. The Labute approximate surface area is 99.9 Å². The first-order valence-corrected chi connectivity index (χ1v) is 5.25. The first kappa shape index (κ1) is 13.3. The standard InChI is InChI=1S/C11H16N2O4/c1-4-11(2,3)12-10(16)13-5-6-17-8(7-13)9(14)15/h1,8H,5-7H2,2-3H3,(H,12,16)(H,14,15). The van der Waals surface area contributed by atoms with Crippen LogP contribution in [0.5, 0.6) is 0 Å². The van der Waals surface area contributed by atoms with Crippen molar-refractivity contribution in [2.24, 2.45) is 0 Å². The number of urea groups is 1. The third-order valence-electron chi connectivity index (χ3n) is 2.41. The Morgan fingerprint density at radius 2 is 2.24 bits per heavy atom. The van der Waals surface area contributed by atoms with Crippen LogP contribution in [0.3, 0.4) is 0 Å². The van der Waals surface area contributed by atoms with Crippen LogP contribution in [0.15, 0.2) is 0 Å². The van der Waals surface area contributed by atoms with Crippen molar-refractivity contribution >= 4 is 12.0 Å². The molecule has 0 aromatic carbocycles. The van der Waals surface area contributed by atoms with E-state index in [2.05, 4.69) is 11.2 Å². The number of ether oxygens (including phenoxy) is 1. The van der Waals surface area contributed by atoms with Gasteiger partial charge in [0.05, 0.1) is 18.7 Å². The third-order valence-corrected chi connectivity index (χ3v) is 2.41. The Morgan fingerprint density at radius 3 is 2.76 bits per heavy atom. The zero-order chi connectivity index (χ0) is 13.1. The minimum absolute atomic E-state index is 0.0296. The minimum Gasteiger partial charge on any atom is -0.479 e. The van der Waals surface area contributed by atoms with E-state index in [-0.39, 0.29) is 19.2 Å². The molecule has 2 amide bonds. The molecule has 0 aromatic heterocycles. The van der Waals surface area contributed by atoms with E-state index in [9.17, 15) is 9.59 Å². The molecule has 0 saturated carbocycles. The van der Waals surface area contributed by atoms with Gasteiger partial charge in [-0.05, 0) is 13.8 Å². The van der Waals surface area contributed by atoms with Gasteiger partial charge in [0.1, 0.15) is 0 Å². The lowest BCUT2D eigenvalue weighted by Gasteiger charge is -2.33. The number of carboxylic acids is 1. The number of rotatable bonds is 2. The highest BCUT2D eigenvalue weighted by Gasteiger charge is 2.30. The zero-order valence-corrected chi connectivity index (χ0v) is 9.90. The number of carbonyl (C=O) groups excluding carboxylic acids is 1. The van der Waals surface area contributed by atoms with E-state index in [1.807, 2.05) is 0 Å². The summed E-state index contributed by atoms with van der Waals surface area (Å²) in [5.74, 6) is 1.37. The Morgan fingerprint density at radius 1 is 1.59 bits per heavy atom. The molecule has 6 nitrogen and oxygen atoms in total. The molecular formula is C11H16N2O4. The highest BCUT2D eigenvalue weighted by Crippen LogP contribution is 2.08. The molecular weight excluding hydrogens is 224 g/mol. The summed E-state index contributed by atoms with van der Waals surface area (Å²) in [6.45, 7) is 3.99. The van der Waals surface area contributed by atoms with Crippen LogP contribution in [0, 0.1) is 12.3 Å². The highest BCUT2D eigenvalue weighted by molar-refractivity contribution is 5.78. The van der Waals surface area contributed by atoms with Gasteiger partial charge >= 0.3 is 12.0 Å². The highest BCUT2D eigenvalue weighted by atomic mass is 16.5. The van der Waals surface area contributed by atoms with Gasteiger partial charge in [0.25, 0.3) is 0 Å². The summed E-state index contributed by atoms with van der Waals surface area (Å²) >= 11 is 0. The van der Waals surface area contributed by atoms with Crippen molar-refractivity contribution in [3.05, 3.63) is 0 Å². The van der Waals surface area contributed by atoms with Crippen molar-refractivity contribution in [3.63, 3.8) is 0 Å². The van der Waals surface area contributed by atoms with Gasteiger partial charge in [-0.2, -0.15) is 0 Å². The van der Waals surface area contributed by atoms with Crippen molar-refractivity contribution in [3.8, 4) is 12.3 Å². The van der Waals surface area contributed by atoms with E-state index in [1.165, 1.54) is 4.90 Å². The summed E-state index contributed by atoms with van der Waals surface area (Å²) in [5.41, 5.74) is -0.756. The van der Waals surface area contributed by atoms with Crippen molar-refractivity contribution in [1.82, 2.24) is 10.2 Å². The summed E-state index contributed by atoms with van der Waals surface area (Å²) in [6.07, 6.45) is 4.29. The maximum Gasteiger partial charge on any atom is 0.334 e. The number of hydrogen-bond acceptors (Lipinski definition) is 3. The fourth-order valence-electron chi connectivity index (χ4n) is 1.37. The molecule has 1 aliphatic heterocycles. The Hall–Kier alpha value is -1.74. The second-order valence-corrected chi connectivity index (χ2v) is 4.34. The molecule has 1 saturated heterocycles. The fraction of sp³-hybridized carbons (Fsp3) is 0.636. The molecule has 1 atom stereocenters. The molecule has 0 aromatic rings. The molecule has 1 unspecified atom stereocenters. The van der Waals surface area contributed by atoms with Crippen LogP contribution in [0.4, 0.5) is 4.79 Å². The van der Waals surface area contributed by atoms with Gasteiger partial charge < -0.3 is 20.1 Å². The predicted molar refractivity (Wildman–Crippen MR) is 60.4 cm³/mol. The number of amides is 2. The molecule has 0 bridgehead atoms. The smallest absolute Gasteiger partial charge is 0.334 e. The lowest BCUT2D eigenvalue weighted by molar-refractivity contribution is -0.154. The van der Waals surface area contributed by atoms with E-state index < -0.39 is 17.6 Å². The number of hydrogen-bond donors (Lipinski definition) is 2. The number of aliphatic carboxylic acids is 1. The van der Waals surface area contributed by atoms with Gasteiger partial charge in [0, 0.05) is 6.54 Å². The molecule has 2 N–H and O–H groups in total. The molecule has 1 rings (SSSR count). The normalized spacial score (nSPS) is 20.5. The molecule has 1 aliphatic rings. The lowest BCUT2D eigenvalue weighted by atomic mass is 10.1. The summed E-state index contributed by atoms with van der Waals surface area (Å²) in [7, 11) is 0. The monoisotopic (exact) mass is 240 g/mol. The number of carboxylic acid groups (broad SMARTS) is 1. The summed E-state index contributed by atoms with van der Waals surface area (Å²) in [5, 5.41) is 11.4. The maximum absolute atomic E-state index is 11.8. The molecule has 1 fully saturated rings. The van der Waals surface area contributed by atoms with Crippen LogP contribution in [-0.4, -0.2) is 53.3 Å². The van der Waals surface area contributed by atoms with Crippen LogP contribution in [0.2, 0.25) is 0 Å². The summed E-state index contributed by atoms with van der Waals surface area (Å²) < 4.78 is 5.01. The average molecular weight is 240 g/mol. The molecule has 94 valence electrons. The number of nitrogens with zero attached hydrogens (tertiary/aromatic N) is 1. The number of morpholine rings is 1. The van der Waals surface area contributed by atoms with Gasteiger partial charge in [-0.1, -0.05) is 5.92 Å². The Kier molecular flexibility index (Phi) is 3.97. The van der Waals surface area contributed by atoms with Crippen LogP contribution < -0.4 is 5.32 Å². The third kappa shape index (κ3) is 3.64. The Bertz CT molecular complexity index is 359. The molecule has 1 heterocycles. The second kappa shape index (κ2) is 5.06. The predicted octanol–water partition coefficient (Wildman–Crippen LogP) is -0.107. The largest absolute Gasteiger partial charge is 0.479 e. The number of nitrogens with one attached hydrogen (secondary N) is 1. The SMILES string of the molecule is C#CC(C)(C)NC(=O)N1CCOC(C(=O)O)C1. The van der Waals surface area contributed by atoms with Crippen molar-refractivity contribution < 1.29 is 19.4 Å². The molecule has 0 aliphatic carbocycles. The van der Waals surface area contributed by atoms with Gasteiger partial charge in [-0.15, -0.1) is 6.42 Å². The number of terminal acetylenes is 1. The van der Waals surface area contributed by atoms with Crippen LogP contribution in [-0.2, 0) is 9.53 Å². The topological polar surface area (TPSA) is 78.9 Å². The van der Waals surface area contributed by atoms with E-state index in [0.29, 0.717) is 6.54 Å². The average Bonchev–Trinajstić information content (AvgIpc) is 2.28. The fourth-order valence-corrected chi connectivity index (χ4v) is 1.37. The maximum atomic E-state index is 11.8. The van der Waals surface area contributed by atoms with Crippen molar-refractivity contribution in [2.75, 3.05) is 19.7 Å². The van der Waals surface area contributed by atoms with Crippen LogP contribution in [0.1, 0.15) is 13.8 Å². The van der Waals surface area contributed by atoms with Crippen LogP contribution in [0.25, 0.3) is 0 Å².